The first kappa shape index (κ1) is 47.9. The highest BCUT2D eigenvalue weighted by molar-refractivity contribution is 14.1. The molecule has 0 fully saturated rings. The summed E-state index contributed by atoms with van der Waals surface area (Å²) in [5.74, 6) is 1.42. The van der Waals surface area contributed by atoms with Gasteiger partial charge in [0.1, 0.15) is 37.1 Å². The van der Waals surface area contributed by atoms with Gasteiger partial charge in [-0.2, -0.15) is 0 Å². The van der Waals surface area contributed by atoms with Gasteiger partial charge in [-0.25, -0.2) is 8.78 Å². The zero-order valence-corrected chi connectivity index (χ0v) is 41.3. The fourth-order valence-electron chi connectivity index (χ4n) is 5.64. The molecule has 11 unspecified atom stereocenters. The highest BCUT2D eigenvalue weighted by Crippen LogP contribution is 2.50. The van der Waals surface area contributed by atoms with E-state index in [9.17, 15) is 4.39 Å². The summed E-state index contributed by atoms with van der Waals surface area (Å²) in [7, 11) is 31.1. The second kappa shape index (κ2) is 18.1. The average molecular weight is 958 g/mol. The summed E-state index contributed by atoms with van der Waals surface area (Å²) in [5.41, 5.74) is 5.23. The molecule has 3 nitrogen and oxygen atoms in total. The van der Waals surface area contributed by atoms with Crippen LogP contribution in [-0.2, 0) is 0 Å². The molecule has 6 radical (unpaired) electrons. The lowest BCUT2D eigenvalue weighted by Crippen LogP contribution is -2.54. The maximum absolute atomic E-state index is 16.1. The van der Waals surface area contributed by atoms with Crippen LogP contribution in [0.1, 0.15) is 48.5 Å². The Morgan fingerprint density at radius 1 is 0.536 bits per heavy atom. The number of alkyl halides is 3. The Hall–Kier alpha value is -0.785. The molecule has 0 amide bonds. The Labute approximate surface area is 363 Å². The van der Waals surface area contributed by atoms with Gasteiger partial charge in [0.15, 0.2) is 10.8 Å². The van der Waals surface area contributed by atoms with Crippen LogP contribution in [0.5, 0.6) is 17.2 Å². The standard InChI is InChI=1S/C42H53B3F2IO3P5/c1-36(2,3)35(43)39(48,53)23-49-33-20-31(21-34(22-33)51-25-41(47,55)42(45,56)37(4,5)6)30-14-12-27(13-15-30)26-8-10-28(11-9-26)29-16-18-32(19-17-29)50-24-40(46,54)38(7,44)52/h8-22,35H,23-25,52-56H2,1-7H3. The van der Waals surface area contributed by atoms with Gasteiger partial charge < -0.3 is 14.2 Å². The Morgan fingerprint density at radius 2 is 0.875 bits per heavy atom. The van der Waals surface area contributed by atoms with Crippen molar-refractivity contribution in [3.8, 4) is 50.6 Å². The first-order chi connectivity index (χ1) is 25.5. The van der Waals surface area contributed by atoms with E-state index in [4.69, 9.17) is 37.7 Å². The minimum absolute atomic E-state index is 0.142. The molecule has 56 heavy (non-hydrogen) atoms. The van der Waals surface area contributed by atoms with Crippen molar-refractivity contribution in [1.29, 1.82) is 0 Å². The van der Waals surface area contributed by atoms with Crippen LogP contribution < -0.4 is 14.2 Å². The Morgan fingerprint density at radius 3 is 1.25 bits per heavy atom. The maximum Gasteiger partial charge on any atom is 0.158 e. The zero-order valence-electron chi connectivity index (χ0n) is 33.3. The number of benzene rings is 4. The van der Waals surface area contributed by atoms with Crippen LogP contribution in [-0.4, -0.2) is 67.5 Å². The van der Waals surface area contributed by atoms with Gasteiger partial charge in [-0.1, -0.05) is 156 Å². The number of hydrogen-bond acceptors (Lipinski definition) is 3. The SMILES string of the molecule is [B]C(C(C)(C)C)C(P)(I)COc1cc(OCC(F)(P)C([B])(P)C(C)(C)C)cc(-c2ccc(-c3ccc(-c4ccc(OCC(F)(P)C([B])(C)P)cc4)cc3)cc2)c1. The molecule has 4 rings (SSSR count). The molecule has 0 aromatic heterocycles. The van der Waals surface area contributed by atoms with E-state index in [0.717, 1.165) is 33.4 Å². The van der Waals surface area contributed by atoms with Gasteiger partial charge >= 0.3 is 0 Å². The summed E-state index contributed by atoms with van der Waals surface area (Å²) in [5, 5.41) is -6.16. The largest absolute Gasteiger partial charge is 0.492 e. The van der Waals surface area contributed by atoms with Gasteiger partial charge in [-0.3, -0.25) is 0 Å². The summed E-state index contributed by atoms with van der Waals surface area (Å²) in [6.07, 6.45) is 0. The summed E-state index contributed by atoms with van der Waals surface area (Å²) in [6.45, 7) is 13.5. The molecule has 0 aliphatic carbocycles. The van der Waals surface area contributed by atoms with Crippen LogP contribution in [0, 0.1) is 10.8 Å². The monoisotopic (exact) mass is 958 g/mol. The van der Waals surface area contributed by atoms with Gasteiger partial charge in [-0.15, -0.1) is 27.7 Å². The molecule has 11 atom stereocenters. The van der Waals surface area contributed by atoms with E-state index in [1.807, 2.05) is 69.3 Å². The van der Waals surface area contributed by atoms with Crippen LogP contribution in [0.3, 0.4) is 0 Å². The first-order valence-corrected chi connectivity index (χ1v) is 22.2. The molecule has 4 aromatic rings. The lowest BCUT2D eigenvalue weighted by Gasteiger charge is -2.47. The fourth-order valence-corrected chi connectivity index (χ4v) is 8.08. The van der Waals surface area contributed by atoms with Gasteiger partial charge in [0.2, 0.25) is 0 Å². The summed E-state index contributed by atoms with van der Waals surface area (Å²) >= 11 is 2.34. The Bertz CT molecular complexity index is 1930. The van der Waals surface area contributed by atoms with E-state index in [2.05, 4.69) is 126 Å². The van der Waals surface area contributed by atoms with Crippen LogP contribution in [0.2, 0.25) is 5.82 Å². The van der Waals surface area contributed by atoms with E-state index in [-0.39, 0.29) is 24.4 Å². The number of rotatable bonds is 15. The van der Waals surface area contributed by atoms with Crippen molar-refractivity contribution in [1.82, 2.24) is 0 Å². The second-order valence-electron chi connectivity index (χ2n) is 17.1. The second-order valence-corrected chi connectivity index (χ2v) is 25.3. The van der Waals surface area contributed by atoms with E-state index in [1.54, 1.807) is 13.0 Å². The van der Waals surface area contributed by atoms with E-state index >= 15 is 4.39 Å². The summed E-state index contributed by atoms with van der Waals surface area (Å²) < 4.78 is 48.8. The quantitative estimate of drug-likeness (QED) is 0.0514. The average Bonchev–Trinajstić information content (AvgIpc) is 3.11. The van der Waals surface area contributed by atoms with E-state index < -0.39 is 29.5 Å². The lowest BCUT2D eigenvalue weighted by atomic mass is 9.64. The van der Waals surface area contributed by atoms with Crippen molar-refractivity contribution in [2.45, 2.75) is 78.4 Å². The van der Waals surface area contributed by atoms with Crippen LogP contribution >= 0.6 is 68.8 Å². The van der Waals surface area contributed by atoms with Gasteiger partial charge in [0, 0.05) is 6.07 Å². The molecule has 0 spiro atoms. The van der Waals surface area contributed by atoms with Gasteiger partial charge in [-0.05, 0) is 78.6 Å². The number of hydrogen-bond donors (Lipinski definition) is 0. The van der Waals surface area contributed by atoms with Gasteiger partial charge in [0.05, 0.1) is 26.7 Å². The molecule has 0 saturated heterocycles. The highest BCUT2D eigenvalue weighted by Gasteiger charge is 2.49. The minimum atomic E-state index is -1.95. The van der Waals surface area contributed by atoms with E-state index in [1.165, 1.54) is 0 Å². The maximum atomic E-state index is 16.1. The third kappa shape index (κ3) is 11.9. The Balaban J connectivity index is 1.55. The fraction of sp³-hybridized carbons (Fsp3) is 0.429. The smallest absolute Gasteiger partial charge is 0.158 e. The normalized spacial score (nSPS) is 18.3. The Kier molecular flexibility index (Phi) is 15.4. The topological polar surface area (TPSA) is 27.7 Å². The third-order valence-electron chi connectivity index (χ3n) is 10.1. The minimum Gasteiger partial charge on any atom is -0.492 e. The predicted octanol–water partition coefficient (Wildman–Crippen LogP) is 11.5. The number of halogens is 3. The molecular weight excluding hydrogens is 905 g/mol. The zero-order chi connectivity index (χ0) is 42.1. The van der Waals surface area contributed by atoms with Crippen molar-refractivity contribution >= 4 is 92.3 Å². The molecule has 0 N–H and O–H groups in total. The van der Waals surface area contributed by atoms with Crippen molar-refractivity contribution in [3.05, 3.63) is 91.0 Å². The molecule has 294 valence electrons. The lowest BCUT2D eigenvalue weighted by molar-refractivity contribution is 0.109. The summed E-state index contributed by atoms with van der Waals surface area (Å²) in [4.78, 5) is 0. The highest BCUT2D eigenvalue weighted by atomic mass is 127. The predicted molar refractivity (Wildman–Crippen MR) is 263 cm³/mol. The molecule has 0 saturated carbocycles. The molecule has 14 heteroatoms. The summed E-state index contributed by atoms with van der Waals surface area (Å²) in [6, 6.07) is 29.7. The van der Waals surface area contributed by atoms with Crippen molar-refractivity contribution in [2.75, 3.05) is 19.8 Å². The van der Waals surface area contributed by atoms with Crippen LogP contribution in [0.25, 0.3) is 33.4 Å². The first-order valence-electron chi connectivity index (χ1n) is 18.2. The van der Waals surface area contributed by atoms with Crippen LogP contribution in [0.4, 0.5) is 8.78 Å². The molecule has 4 aromatic carbocycles. The van der Waals surface area contributed by atoms with Crippen LogP contribution in [0.15, 0.2) is 91.0 Å². The molecule has 0 aliphatic heterocycles. The van der Waals surface area contributed by atoms with Crippen molar-refractivity contribution in [2.24, 2.45) is 10.8 Å². The molecule has 0 heterocycles. The van der Waals surface area contributed by atoms with Crippen molar-refractivity contribution < 1.29 is 23.0 Å². The molecule has 0 aliphatic rings. The van der Waals surface area contributed by atoms with Gasteiger partial charge in [0.25, 0.3) is 0 Å². The molecular formula is C42H53B3F2IO3P5. The number of ether oxygens (including phenoxy) is 3. The third-order valence-corrected chi connectivity index (χ3v) is 15.6. The van der Waals surface area contributed by atoms with Crippen molar-refractivity contribution in [3.63, 3.8) is 0 Å². The molecule has 0 bridgehead atoms. The van der Waals surface area contributed by atoms with E-state index in [0.29, 0.717) is 23.9 Å².